The van der Waals surface area contributed by atoms with Crippen molar-refractivity contribution in [2.45, 2.75) is 65.5 Å². The van der Waals surface area contributed by atoms with E-state index in [1.165, 1.54) is 11.1 Å². The van der Waals surface area contributed by atoms with E-state index in [4.69, 9.17) is 4.98 Å². The van der Waals surface area contributed by atoms with Crippen molar-refractivity contribution in [1.29, 1.82) is 0 Å². The number of fused-ring (bicyclic) bond motifs is 2. The molecule has 2 N–H and O–H groups in total. The molecule has 182 valence electrons. The van der Waals surface area contributed by atoms with Crippen LogP contribution >= 0.6 is 0 Å². The summed E-state index contributed by atoms with van der Waals surface area (Å²) in [6.45, 7) is 12.4. The van der Waals surface area contributed by atoms with E-state index in [0.29, 0.717) is 17.0 Å². The third-order valence-corrected chi connectivity index (χ3v) is 7.03. The SMILES string of the molecule is CCC(C)(C)c1cc(-n2c3nc(Nc4ccc5c(c4)CCNC5)ncc3c(=O)n2C(C)C)ccn1. The van der Waals surface area contributed by atoms with E-state index in [-0.39, 0.29) is 17.0 Å². The maximum Gasteiger partial charge on any atom is 0.278 e. The molecule has 1 aliphatic rings. The molecule has 5 rings (SSSR count). The highest BCUT2D eigenvalue weighted by Crippen LogP contribution is 2.28. The summed E-state index contributed by atoms with van der Waals surface area (Å²) in [5, 5.41) is 7.24. The highest BCUT2D eigenvalue weighted by molar-refractivity contribution is 5.77. The van der Waals surface area contributed by atoms with Crippen LogP contribution < -0.4 is 16.2 Å². The number of nitrogens with one attached hydrogen (secondary N) is 2. The van der Waals surface area contributed by atoms with Gasteiger partial charge in [-0.05, 0) is 68.6 Å². The molecule has 8 heteroatoms. The minimum Gasteiger partial charge on any atom is -0.324 e. The average Bonchev–Trinajstić information content (AvgIpc) is 3.16. The quantitative estimate of drug-likeness (QED) is 0.426. The number of aromatic nitrogens is 5. The van der Waals surface area contributed by atoms with Crippen molar-refractivity contribution in [3.05, 3.63) is 69.9 Å². The first-order chi connectivity index (χ1) is 16.8. The monoisotopic (exact) mass is 471 g/mol. The Labute approximate surface area is 205 Å². The highest BCUT2D eigenvalue weighted by Gasteiger charge is 2.23. The number of hydrogen-bond donors (Lipinski definition) is 2. The first kappa shape index (κ1) is 23.2. The van der Waals surface area contributed by atoms with Crippen molar-refractivity contribution in [1.82, 2.24) is 29.6 Å². The number of benzene rings is 1. The Morgan fingerprint density at radius 2 is 1.97 bits per heavy atom. The van der Waals surface area contributed by atoms with E-state index in [9.17, 15) is 4.79 Å². The summed E-state index contributed by atoms with van der Waals surface area (Å²) >= 11 is 0. The van der Waals surface area contributed by atoms with Crippen LogP contribution in [0.15, 0.2) is 47.5 Å². The van der Waals surface area contributed by atoms with Crippen LogP contribution in [0, 0.1) is 0 Å². The Morgan fingerprint density at radius 1 is 1.14 bits per heavy atom. The summed E-state index contributed by atoms with van der Waals surface area (Å²) in [6, 6.07) is 10.3. The fourth-order valence-corrected chi connectivity index (χ4v) is 4.56. The fraction of sp³-hybridized carbons (Fsp3) is 0.407. The minimum absolute atomic E-state index is 0.0573. The molecule has 3 aromatic heterocycles. The van der Waals surface area contributed by atoms with Gasteiger partial charge in [0.1, 0.15) is 5.39 Å². The topological polar surface area (TPSA) is 89.7 Å². The van der Waals surface area contributed by atoms with E-state index in [2.05, 4.69) is 59.6 Å². The molecule has 35 heavy (non-hydrogen) atoms. The molecule has 0 radical (unpaired) electrons. The molecule has 4 heterocycles. The van der Waals surface area contributed by atoms with Crippen LogP contribution in [0.3, 0.4) is 0 Å². The van der Waals surface area contributed by atoms with Gasteiger partial charge in [0, 0.05) is 41.8 Å². The normalized spacial score (nSPS) is 13.9. The number of pyridine rings is 1. The lowest BCUT2D eigenvalue weighted by atomic mass is 9.86. The van der Waals surface area contributed by atoms with Gasteiger partial charge in [-0.25, -0.2) is 14.3 Å². The van der Waals surface area contributed by atoms with Gasteiger partial charge in [-0.15, -0.1) is 0 Å². The van der Waals surface area contributed by atoms with Crippen LogP contribution in [0.5, 0.6) is 0 Å². The highest BCUT2D eigenvalue weighted by atomic mass is 16.1. The maximum absolute atomic E-state index is 13.4. The summed E-state index contributed by atoms with van der Waals surface area (Å²) in [4.78, 5) is 27.3. The molecule has 4 aromatic rings. The summed E-state index contributed by atoms with van der Waals surface area (Å²) in [5.41, 5.74) is 5.85. The molecule has 0 saturated carbocycles. The van der Waals surface area contributed by atoms with Crippen LogP contribution in [-0.2, 0) is 18.4 Å². The van der Waals surface area contributed by atoms with Crippen molar-refractivity contribution in [3.8, 4) is 5.69 Å². The Bertz CT molecular complexity index is 1450. The zero-order valence-corrected chi connectivity index (χ0v) is 21.1. The number of nitrogens with zero attached hydrogens (tertiary/aromatic N) is 5. The molecule has 0 atom stereocenters. The van der Waals surface area contributed by atoms with Crippen molar-refractivity contribution >= 4 is 22.7 Å². The standard InChI is InChI=1S/C27H33N7O/c1-6-27(4,5)23-14-21(10-12-29-23)34-24-22(25(35)33(34)17(2)3)16-30-26(32-24)31-20-8-7-19-15-28-11-9-18(19)13-20/h7-8,10,12-14,16-17,28H,6,9,11,15H2,1-5H3,(H,30,31,32). The molecule has 0 bridgehead atoms. The summed E-state index contributed by atoms with van der Waals surface area (Å²) in [6.07, 6.45) is 5.40. The second-order valence-corrected chi connectivity index (χ2v) is 10.2. The van der Waals surface area contributed by atoms with Gasteiger partial charge in [0.15, 0.2) is 5.65 Å². The molecule has 0 unspecified atom stereocenters. The predicted octanol–water partition coefficient (Wildman–Crippen LogP) is 4.64. The molecule has 0 spiro atoms. The van der Waals surface area contributed by atoms with Crippen LogP contribution in [0.2, 0.25) is 0 Å². The van der Waals surface area contributed by atoms with Crippen molar-refractivity contribution in [3.63, 3.8) is 0 Å². The van der Waals surface area contributed by atoms with Gasteiger partial charge < -0.3 is 10.6 Å². The van der Waals surface area contributed by atoms with Gasteiger partial charge >= 0.3 is 0 Å². The number of hydrogen-bond acceptors (Lipinski definition) is 6. The van der Waals surface area contributed by atoms with E-state index < -0.39 is 0 Å². The van der Waals surface area contributed by atoms with Gasteiger partial charge in [0.05, 0.1) is 5.69 Å². The predicted molar refractivity (Wildman–Crippen MR) is 140 cm³/mol. The molecule has 1 aromatic carbocycles. The molecule has 8 nitrogen and oxygen atoms in total. The summed E-state index contributed by atoms with van der Waals surface area (Å²) < 4.78 is 3.65. The summed E-state index contributed by atoms with van der Waals surface area (Å²) in [5.74, 6) is 0.462. The van der Waals surface area contributed by atoms with Gasteiger partial charge in [0.25, 0.3) is 5.56 Å². The van der Waals surface area contributed by atoms with Crippen molar-refractivity contribution < 1.29 is 0 Å². The Morgan fingerprint density at radius 3 is 2.74 bits per heavy atom. The fourth-order valence-electron chi connectivity index (χ4n) is 4.56. The van der Waals surface area contributed by atoms with Gasteiger partial charge in [-0.1, -0.05) is 26.8 Å². The third kappa shape index (κ3) is 4.23. The zero-order chi connectivity index (χ0) is 24.7. The molecule has 1 aliphatic heterocycles. The van der Waals surface area contributed by atoms with Gasteiger partial charge in [0.2, 0.25) is 5.95 Å². The van der Waals surface area contributed by atoms with Crippen molar-refractivity contribution in [2.24, 2.45) is 0 Å². The lowest BCUT2D eigenvalue weighted by molar-refractivity contribution is 0.470. The Kier molecular flexibility index (Phi) is 5.92. The number of anilines is 2. The molecule has 0 saturated heterocycles. The molecular formula is C27H33N7O. The second-order valence-electron chi connectivity index (χ2n) is 10.2. The molecule has 0 fully saturated rings. The van der Waals surface area contributed by atoms with Gasteiger partial charge in [-0.3, -0.25) is 9.78 Å². The molecule has 0 amide bonds. The van der Waals surface area contributed by atoms with E-state index in [1.54, 1.807) is 10.9 Å². The van der Waals surface area contributed by atoms with Crippen LogP contribution in [0.4, 0.5) is 11.6 Å². The van der Waals surface area contributed by atoms with E-state index in [1.807, 2.05) is 36.9 Å². The van der Waals surface area contributed by atoms with Crippen molar-refractivity contribution in [2.75, 3.05) is 11.9 Å². The van der Waals surface area contributed by atoms with E-state index >= 15 is 0 Å². The Hall–Kier alpha value is -3.52. The largest absolute Gasteiger partial charge is 0.324 e. The van der Waals surface area contributed by atoms with Crippen LogP contribution in [-0.4, -0.2) is 30.9 Å². The lowest BCUT2D eigenvalue weighted by Gasteiger charge is -2.23. The average molecular weight is 472 g/mol. The second kappa shape index (κ2) is 8.92. The molecular weight excluding hydrogens is 438 g/mol. The maximum atomic E-state index is 13.4. The van der Waals surface area contributed by atoms with Crippen LogP contribution in [0.1, 0.15) is 63.9 Å². The lowest BCUT2D eigenvalue weighted by Crippen LogP contribution is -2.25. The zero-order valence-electron chi connectivity index (χ0n) is 21.1. The third-order valence-electron chi connectivity index (χ3n) is 7.03. The van der Waals surface area contributed by atoms with E-state index in [0.717, 1.165) is 43.0 Å². The Balaban J connectivity index is 1.62. The minimum atomic E-state index is -0.101. The molecule has 0 aliphatic carbocycles. The summed E-state index contributed by atoms with van der Waals surface area (Å²) in [7, 11) is 0. The van der Waals surface area contributed by atoms with Crippen LogP contribution in [0.25, 0.3) is 16.7 Å². The first-order valence-corrected chi connectivity index (χ1v) is 12.3. The number of rotatable bonds is 6. The smallest absolute Gasteiger partial charge is 0.278 e. The van der Waals surface area contributed by atoms with Gasteiger partial charge in [-0.2, -0.15) is 4.98 Å². The first-order valence-electron chi connectivity index (χ1n) is 12.3.